The van der Waals surface area contributed by atoms with Gasteiger partial charge in [0.05, 0.1) is 13.2 Å². The number of aryl methyl sites for hydroxylation is 1. The quantitative estimate of drug-likeness (QED) is 0.635. The van der Waals surface area contributed by atoms with Gasteiger partial charge in [-0.1, -0.05) is 0 Å². The number of rotatable bonds is 1. The van der Waals surface area contributed by atoms with Crippen LogP contribution in [-0.2, 0) is 0 Å². The molecule has 0 saturated carbocycles. The number of hydrogen-bond acceptors (Lipinski definition) is 2. The van der Waals surface area contributed by atoms with E-state index in [4.69, 9.17) is 9.84 Å². The second-order valence-corrected chi connectivity index (χ2v) is 2.11. The summed E-state index contributed by atoms with van der Waals surface area (Å²) >= 11 is 0. The van der Waals surface area contributed by atoms with Gasteiger partial charge in [0.1, 0.15) is 11.5 Å². The molecule has 0 spiro atoms. The van der Waals surface area contributed by atoms with E-state index in [0.29, 0.717) is 5.75 Å². The fourth-order valence-electron chi connectivity index (χ4n) is 0.772. The van der Waals surface area contributed by atoms with Crippen LogP contribution in [0, 0.1) is 13.0 Å². The summed E-state index contributed by atoms with van der Waals surface area (Å²) in [5, 5.41) is 8.99. The Kier molecular flexibility index (Phi) is 1.81. The maximum absolute atomic E-state index is 8.99. The first-order valence-electron chi connectivity index (χ1n) is 2.99. The molecule has 0 unspecified atom stereocenters. The SMILES string of the molecule is COc1[c]c(O)cc(C)c1. The van der Waals surface area contributed by atoms with Crippen LogP contribution in [-0.4, -0.2) is 12.2 Å². The van der Waals surface area contributed by atoms with Crippen LogP contribution in [0.5, 0.6) is 11.5 Å². The van der Waals surface area contributed by atoms with Crippen molar-refractivity contribution >= 4 is 0 Å². The Balaban J connectivity index is 3.06. The van der Waals surface area contributed by atoms with E-state index in [0.717, 1.165) is 5.56 Å². The summed E-state index contributed by atoms with van der Waals surface area (Å²) in [7, 11) is 1.55. The van der Waals surface area contributed by atoms with E-state index in [9.17, 15) is 0 Å². The number of phenolic OH excluding ortho intramolecular Hbond substituents is 1. The molecular weight excluding hydrogens is 128 g/mol. The van der Waals surface area contributed by atoms with Crippen molar-refractivity contribution in [3.8, 4) is 11.5 Å². The van der Waals surface area contributed by atoms with Gasteiger partial charge >= 0.3 is 0 Å². The van der Waals surface area contributed by atoms with E-state index < -0.39 is 0 Å². The van der Waals surface area contributed by atoms with Crippen LogP contribution >= 0.6 is 0 Å². The van der Waals surface area contributed by atoms with Gasteiger partial charge in [-0.3, -0.25) is 0 Å². The highest BCUT2D eigenvalue weighted by atomic mass is 16.5. The molecule has 10 heavy (non-hydrogen) atoms. The van der Waals surface area contributed by atoms with E-state index in [2.05, 4.69) is 6.07 Å². The van der Waals surface area contributed by atoms with Crippen molar-refractivity contribution in [2.24, 2.45) is 0 Å². The topological polar surface area (TPSA) is 29.5 Å². The Morgan fingerprint density at radius 3 is 2.70 bits per heavy atom. The molecule has 0 heterocycles. The molecule has 53 valence electrons. The van der Waals surface area contributed by atoms with Crippen molar-refractivity contribution in [1.29, 1.82) is 0 Å². The van der Waals surface area contributed by atoms with Gasteiger partial charge in [0, 0.05) is 0 Å². The predicted octanol–water partition coefficient (Wildman–Crippen LogP) is 1.51. The molecule has 0 aliphatic carbocycles. The van der Waals surface area contributed by atoms with Gasteiger partial charge in [0.25, 0.3) is 0 Å². The van der Waals surface area contributed by atoms with Gasteiger partial charge in [-0.05, 0) is 24.6 Å². The first-order valence-corrected chi connectivity index (χ1v) is 2.99. The van der Waals surface area contributed by atoms with E-state index in [1.807, 2.05) is 6.92 Å². The average molecular weight is 137 g/mol. The summed E-state index contributed by atoms with van der Waals surface area (Å²) in [5.74, 6) is 0.689. The second-order valence-electron chi connectivity index (χ2n) is 2.11. The van der Waals surface area contributed by atoms with E-state index in [1.54, 1.807) is 19.2 Å². The van der Waals surface area contributed by atoms with Crippen molar-refractivity contribution in [2.75, 3.05) is 7.11 Å². The zero-order valence-electron chi connectivity index (χ0n) is 6.01. The van der Waals surface area contributed by atoms with Crippen LogP contribution in [0.2, 0.25) is 0 Å². The molecule has 0 saturated heterocycles. The summed E-state index contributed by atoms with van der Waals surface area (Å²) in [6, 6.07) is 6.06. The van der Waals surface area contributed by atoms with Gasteiger partial charge in [0.15, 0.2) is 0 Å². The molecule has 2 nitrogen and oxygen atoms in total. The molecule has 1 aromatic carbocycles. The monoisotopic (exact) mass is 137 g/mol. The van der Waals surface area contributed by atoms with Crippen LogP contribution < -0.4 is 4.74 Å². The summed E-state index contributed by atoms with van der Waals surface area (Å²) in [6.45, 7) is 1.88. The second kappa shape index (κ2) is 2.60. The Bertz CT molecular complexity index is 210. The fraction of sp³-hybridized carbons (Fsp3) is 0.250. The van der Waals surface area contributed by atoms with E-state index in [-0.39, 0.29) is 5.75 Å². The molecule has 0 aliphatic rings. The molecule has 1 aromatic rings. The zero-order chi connectivity index (χ0) is 7.56. The van der Waals surface area contributed by atoms with Crippen molar-refractivity contribution in [2.45, 2.75) is 6.92 Å². The summed E-state index contributed by atoms with van der Waals surface area (Å²) in [5.41, 5.74) is 0.966. The van der Waals surface area contributed by atoms with Crippen molar-refractivity contribution in [3.05, 3.63) is 23.8 Å². The molecule has 1 radical (unpaired) electrons. The molecule has 0 aliphatic heterocycles. The normalized spacial score (nSPS) is 9.40. The van der Waals surface area contributed by atoms with Crippen molar-refractivity contribution in [1.82, 2.24) is 0 Å². The number of phenols is 1. The number of benzene rings is 1. The van der Waals surface area contributed by atoms with Crippen LogP contribution in [0.3, 0.4) is 0 Å². The smallest absolute Gasteiger partial charge is 0.130 e. The minimum absolute atomic E-state index is 0.122. The number of methoxy groups -OCH3 is 1. The molecule has 0 aromatic heterocycles. The third-order valence-corrected chi connectivity index (χ3v) is 1.19. The molecule has 0 atom stereocenters. The number of aromatic hydroxyl groups is 1. The van der Waals surface area contributed by atoms with Gasteiger partial charge in [-0.15, -0.1) is 0 Å². The van der Waals surface area contributed by atoms with E-state index >= 15 is 0 Å². The lowest BCUT2D eigenvalue weighted by molar-refractivity contribution is 0.406. The fourth-order valence-corrected chi connectivity index (χ4v) is 0.772. The molecule has 0 bridgehead atoms. The maximum atomic E-state index is 8.99. The zero-order valence-corrected chi connectivity index (χ0v) is 6.01. The maximum Gasteiger partial charge on any atom is 0.130 e. The Hall–Kier alpha value is -1.18. The predicted molar refractivity (Wildman–Crippen MR) is 38.2 cm³/mol. The summed E-state index contributed by atoms with van der Waals surface area (Å²) < 4.78 is 4.86. The molecule has 0 amide bonds. The summed E-state index contributed by atoms with van der Waals surface area (Å²) in [4.78, 5) is 0. The van der Waals surface area contributed by atoms with Crippen LogP contribution in [0.25, 0.3) is 0 Å². The molecule has 1 rings (SSSR count). The molecule has 2 heteroatoms. The molecule has 1 N–H and O–H groups in total. The Morgan fingerprint density at radius 1 is 1.50 bits per heavy atom. The largest absolute Gasteiger partial charge is 0.507 e. The number of ether oxygens (including phenoxy) is 1. The minimum Gasteiger partial charge on any atom is -0.507 e. The van der Waals surface area contributed by atoms with Gasteiger partial charge < -0.3 is 9.84 Å². The highest BCUT2D eigenvalue weighted by Gasteiger charge is 1.95. The average Bonchev–Trinajstić information content (AvgIpc) is 1.85. The standard InChI is InChI=1S/C8H9O2/c1-6-3-7(9)5-8(4-6)10-2/h3-4,9H,1-2H3. The highest BCUT2D eigenvalue weighted by molar-refractivity contribution is 5.35. The Labute approximate surface area is 60.1 Å². The lowest BCUT2D eigenvalue weighted by Crippen LogP contribution is -1.83. The third kappa shape index (κ3) is 1.41. The number of hydrogen-bond donors (Lipinski definition) is 1. The highest BCUT2D eigenvalue weighted by Crippen LogP contribution is 2.19. The first kappa shape index (κ1) is 6.93. The lowest BCUT2D eigenvalue weighted by Gasteiger charge is -2.00. The summed E-state index contributed by atoms with van der Waals surface area (Å²) in [6.07, 6.45) is 0. The van der Waals surface area contributed by atoms with Gasteiger partial charge in [-0.2, -0.15) is 0 Å². The molecule has 0 fully saturated rings. The van der Waals surface area contributed by atoms with Gasteiger partial charge in [0.2, 0.25) is 0 Å². The third-order valence-electron chi connectivity index (χ3n) is 1.19. The lowest BCUT2D eigenvalue weighted by atomic mass is 10.2. The van der Waals surface area contributed by atoms with Crippen LogP contribution in [0.15, 0.2) is 12.1 Å². The molecular formula is C8H9O2. The minimum atomic E-state index is 0.122. The van der Waals surface area contributed by atoms with E-state index in [1.165, 1.54) is 0 Å². The van der Waals surface area contributed by atoms with Crippen molar-refractivity contribution < 1.29 is 9.84 Å². The van der Waals surface area contributed by atoms with Crippen LogP contribution in [0.4, 0.5) is 0 Å². The first-order chi connectivity index (χ1) is 4.72. The van der Waals surface area contributed by atoms with Gasteiger partial charge in [-0.25, -0.2) is 0 Å². The van der Waals surface area contributed by atoms with Crippen LogP contribution in [0.1, 0.15) is 5.56 Å². The Morgan fingerprint density at radius 2 is 2.20 bits per heavy atom. The van der Waals surface area contributed by atoms with Crippen molar-refractivity contribution in [3.63, 3.8) is 0 Å².